The second kappa shape index (κ2) is 6.61. The lowest BCUT2D eigenvalue weighted by atomic mass is 9.99. The van der Waals surface area contributed by atoms with Crippen LogP contribution in [0, 0.1) is 10.1 Å². The van der Waals surface area contributed by atoms with E-state index in [9.17, 15) is 14.9 Å². The van der Waals surface area contributed by atoms with Gasteiger partial charge in [0, 0.05) is 19.2 Å². The fraction of sp³-hybridized carbons (Fsp3) is 0.462. The SMILES string of the molecule is CCOC(=O)c1cccc([N+](=O)[O-])c1C1CNCC(N)O1. The van der Waals surface area contributed by atoms with Crippen molar-refractivity contribution in [2.75, 3.05) is 19.7 Å². The monoisotopic (exact) mass is 295 g/mol. The summed E-state index contributed by atoms with van der Waals surface area (Å²) in [5, 5.41) is 14.2. The number of carbonyl (C=O) groups is 1. The van der Waals surface area contributed by atoms with Crippen LogP contribution in [0.5, 0.6) is 0 Å². The zero-order chi connectivity index (χ0) is 15.4. The molecule has 114 valence electrons. The molecule has 2 atom stereocenters. The van der Waals surface area contributed by atoms with E-state index in [4.69, 9.17) is 15.2 Å². The lowest BCUT2D eigenvalue weighted by molar-refractivity contribution is -0.386. The van der Waals surface area contributed by atoms with Gasteiger partial charge in [-0.1, -0.05) is 6.07 Å². The van der Waals surface area contributed by atoms with Crippen LogP contribution < -0.4 is 11.1 Å². The zero-order valence-electron chi connectivity index (χ0n) is 11.6. The molecule has 1 aliphatic heterocycles. The fourth-order valence-corrected chi connectivity index (χ4v) is 2.27. The molecule has 0 saturated carbocycles. The number of morpholine rings is 1. The summed E-state index contributed by atoms with van der Waals surface area (Å²) in [6.45, 7) is 2.64. The van der Waals surface area contributed by atoms with Crippen molar-refractivity contribution < 1.29 is 19.2 Å². The Morgan fingerprint density at radius 2 is 2.33 bits per heavy atom. The van der Waals surface area contributed by atoms with Crippen molar-refractivity contribution in [1.82, 2.24) is 5.32 Å². The van der Waals surface area contributed by atoms with Gasteiger partial charge in [0.2, 0.25) is 0 Å². The molecule has 1 fully saturated rings. The Bertz CT molecular complexity index is 549. The number of hydrogen-bond donors (Lipinski definition) is 2. The lowest BCUT2D eigenvalue weighted by Crippen LogP contribution is -2.45. The number of hydrogen-bond acceptors (Lipinski definition) is 7. The predicted molar refractivity (Wildman–Crippen MR) is 73.7 cm³/mol. The highest BCUT2D eigenvalue weighted by molar-refractivity contribution is 5.92. The molecule has 1 aliphatic rings. The standard InChI is InChI=1S/C13H17N3O5/c1-2-20-13(17)8-4-3-5-9(16(18)19)12(8)10-6-15-7-11(14)21-10/h3-5,10-11,15H,2,6-7,14H2,1H3. The second-order valence-electron chi connectivity index (χ2n) is 4.54. The molecule has 1 aromatic carbocycles. The Hall–Kier alpha value is -2.03. The van der Waals surface area contributed by atoms with E-state index in [0.29, 0.717) is 13.1 Å². The van der Waals surface area contributed by atoms with Crippen molar-refractivity contribution in [2.45, 2.75) is 19.3 Å². The van der Waals surface area contributed by atoms with Crippen LogP contribution >= 0.6 is 0 Å². The first kappa shape index (κ1) is 15.4. The molecule has 8 nitrogen and oxygen atoms in total. The number of esters is 1. The number of ether oxygens (including phenoxy) is 2. The molecule has 0 aromatic heterocycles. The normalized spacial score (nSPS) is 21.8. The van der Waals surface area contributed by atoms with E-state index in [1.165, 1.54) is 18.2 Å². The third-order valence-electron chi connectivity index (χ3n) is 3.11. The minimum absolute atomic E-state index is 0.131. The van der Waals surface area contributed by atoms with E-state index in [-0.39, 0.29) is 23.4 Å². The van der Waals surface area contributed by atoms with Gasteiger partial charge in [0.25, 0.3) is 5.69 Å². The van der Waals surface area contributed by atoms with Crippen LogP contribution in [0.2, 0.25) is 0 Å². The number of carbonyl (C=O) groups excluding carboxylic acids is 1. The highest BCUT2D eigenvalue weighted by atomic mass is 16.6. The average Bonchev–Trinajstić information content (AvgIpc) is 2.46. The first-order valence-electron chi connectivity index (χ1n) is 6.60. The van der Waals surface area contributed by atoms with Gasteiger partial charge in [-0.2, -0.15) is 0 Å². The van der Waals surface area contributed by atoms with Gasteiger partial charge in [-0.05, 0) is 13.0 Å². The maximum absolute atomic E-state index is 12.0. The molecule has 0 bridgehead atoms. The summed E-state index contributed by atoms with van der Waals surface area (Å²) < 4.78 is 10.5. The average molecular weight is 295 g/mol. The maximum atomic E-state index is 12.0. The van der Waals surface area contributed by atoms with Gasteiger partial charge >= 0.3 is 5.97 Å². The van der Waals surface area contributed by atoms with Gasteiger partial charge in [0.1, 0.15) is 12.3 Å². The van der Waals surface area contributed by atoms with Crippen molar-refractivity contribution in [1.29, 1.82) is 0 Å². The maximum Gasteiger partial charge on any atom is 0.338 e. The number of nitrogens with two attached hydrogens (primary N) is 1. The number of benzene rings is 1. The third kappa shape index (κ3) is 3.35. The quantitative estimate of drug-likeness (QED) is 0.477. The van der Waals surface area contributed by atoms with Gasteiger partial charge < -0.3 is 20.5 Å². The Kier molecular flexibility index (Phi) is 4.84. The van der Waals surface area contributed by atoms with Crippen LogP contribution in [0.25, 0.3) is 0 Å². The predicted octanol–water partition coefficient (Wildman–Crippen LogP) is 0.717. The summed E-state index contributed by atoms with van der Waals surface area (Å²) in [4.78, 5) is 22.7. The molecule has 2 rings (SSSR count). The number of nitro groups is 1. The summed E-state index contributed by atoms with van der Waals surface area (Å²) in [6.07, 6.45) is -1.26. The van der Waals surface area contributed by atoms with E-state index in [1.807, 2.05) is 0 Å². The molecule has 0 radical (unpaired) electrons. The first-order chi connectivity index (χ1) is 10.0. The van der Waals surface area contributed by atoms with E-state index >= 15 is 0 Å². The summed E-state index contributed by atoms with van der Waals surface area (Å²) in [7, 11) is 0. The number of rotatable bonds is 4. The highest BCUT2D eigenvalue weighted by Crippen LogP contribution is 2.32. The van der Waals surface area contributed by atoms with E-state index in [1.54, 1.807) is 6.92 Å². The summed E-state index contributed by atoms with van der Waals surface area (Å²) >= 11 is 0. The summed E-state index contributed by atoms with van der Waals surface area (Å²) in [6, 6.07) is 4.27. The second-order valence-corrected chi connectivity index (χ2v) is 4.54. The van der Waals surface area contributed by atoms with Crippen molar-refractivity contribution in [3.63, 3.8) is 0 Å². The van der Waals surface area contributed by atoms with Crippen molar-refractivity contribution >= 4 is 11.7 Å². The number of nitro benzene ring substituents is 1. The molecule has 1 heterocycles. The van der Waals surface area contributed by atoms with Crippen molar-refractivity contribution in [3.05, 3.63) is 39.4 Å². The molecule has 21 heavy (non-hydrogen) atoms. The van der Waals surface area contributed by atoms with Crippen LogP contribution in [-0.2, 0) is 9.47 Å². The van der Waals surface area contributed by atoms with Gasteiger partial charge in [0.05, 0.1) is 22.7 Å². The third-order valence-corrected chi connectivity index (χ3v) is 3.11. The van der Waals surface area contributed by atoms with Crippen LogP contribution in [0.1, 0.15) is 28.9 Å². The first-order valence-corrected chi connectivity index (χ1v) is 6.60. The Morgan fingerprint density at radius 3 is 2.95 bits per heavy atom. The zero-order valence-corrected chi connectivity index (χ0v) is 11.6. The fourth-order valence-electron chi connectivity index (χ4n) is 2.27. The topological polar surface area (TPSA) is 117 Å². The van der Waals surface area contributed by atoms with Gasteiger partial charge in [-0.25, -0.2) is 4.79 Å². The van der Waals surface area contributed by atoms with Gasteiger partial charge in [0.15, 0.2) is 0 Å². The lowest BCUT2D eigenvalue weighted by Gasteiger charge is -2.29. The summed E-state index contributed by atoms with van der Waals surface area (Å²) in [5.74, 6) is -0.612. The molecule has 0 spiro atoms. The molecule has 8 heteroatoms. The van der Waals surface area contributed by atoms with Crippen LogP contribution in [-0.4, -0.2) is 36.8 Å². The molecule has 0 aliphatic carbocycles. The Morgan fingerprint density at radius 1 is 1.57 bits per heavy atom. The van der Waals surface area contributed by atoms with E-state index in [0.717, 1.165) is 0 Å². The van der Waals surface area contributed by atoms with E-state index in [2.05, 4.69) is 5.32 Å². The Labute approximate surface area is 121 Å². The molecule has 0 amide bonds. The van der Waals surface area contributed by atoms with Crippen LogP contribution in [0.4, 0.5) is 5.69 Å². The van der Waals surface area contributed by atoms with E-state index < -0.39 is 23.2 Å². The van der Waals surface area contributed by atoms with Gasteiger partial charge in [-0.3, -0.25) is 10.1 Å². The molecular weight excluding hydrogens is 278 g/mol. The highest BCUT2D eigenvalue weighted by Gasteiger charge is 2.32. The molecule has 2 unspecified atom stereocenters. The van der Waals surface area contributed by atoms with Crippen molar-refractivity contribution in [2.24, 2.45) is 5.73 Å². The Balaban J connectivity index is 2.48. The van der Waals surface area contributed by atoms with Crippen molar-refractivity contribution in [3.8, 4) is 0 Å². The summed E-state index contributed by atoms with van der Waals surface area (Å²) in [5.41, 5.74) is 5.85. The smallest absolute Gasteiger partial charge is 0.338 e. The minimum atomic E-state index is -0.672. The molecule has 3 N–H and O–H groups in total. The van der Waals surface area contributed by atoms with Gasteiger partial charge in [-0.15, -0.1) is 0 Å². The van der Waals surface area contributed by atoms with Crippen LogP contribution in [0.3, 0.4) is 0 Å². The molecule has 1 aromatic rings. The molecular formula is C13H17N3O5. The molecule has 1 saturated heterocycles. The number of nitrogens with one attached hydrogen (secondary N) is 1. The van der Waals surface area contributed by atoms with Crippen LogP contribution in [0.15, 0.2) is 18.2 Å². The largest absolute Gasteiger partial charge is 0.462 e. The minimum Gasteiger partial charge on any atom is -0.462 e. The number of nitrogens with zero attached hydrogens (tertiary/aromatic N) is 1.